The maximum Gasteiger partial charge on any atom is 0.123 e. The largest absolute Gasteiger partial charge is 0.488 e. The van der Waals surface area contributed by atoms with E-state index in [0.717, 1.165) is 50.0 Å². The van der Waals surface area contributed by atoms with Gasteiger partial charge in [0.1, 0.15) is 11.9 Å². The predicted molar refractivity (Wildman–Crippen MR) is 79.7 cm³/mol. The number of fused-ring (bicyclic) bond motifs is 1. The number of nitrogens with one attached hydrogen (secondary N) is 1. The topological polar surface area (TPSA) is 33.7 Å². The van der Waals surface area contributed by atoms with E-state index < -0.39 is 0 Å². The van der Waals surface area contributed by atoms with Gasteiger partial charge in [-0.2, -0.15) is 0 Å². The molecule has 1 aromatic rings. The fourth-order valence-electron chi connectivity index (χ4n) is 2.90. The van der Waals surface area contributed by atoms with Gasteiger partial charge in [0, 0.05) is 37.6 Å². The Balaban J connectivity index is 1.49. The zero-order valence-electron chi connectivity index (χ0n) is 11.8. The molecular formula is C15H21ClN2O2. The van der Waals surface area contributed by atoms with Gasteiger partial charge in [0.05, 0.1) is 12.7 Å². The van der Waals surface area contributed by atoms with Crippen molar-refractivity contribution < 1.29 is 9.47 Å². The summed E-state index contributed by atoms with van der Waals surface area (Å²) < 4.78 is 11.7. The molecule has 0 radical (unpaired) electrons. The van der Waals surface area contributed by atoms with Crippen LogP contribution in [0.5, 0.6) is 5.75 Å². The quantitative estimate of drug-likeness (QED) is 0.914. The van der Waals surface area contributed by atoms with E-state index in [1.54, 1.807) is 0 Å². The van der Waals surface area contributed by atoms with Crippen molar-refractivity contribution in [3.05, 3.63) is 28.8 Å². The second-order valence-corrected chi connectivity index (χ2v) is 6.05. The summed E-state index contributed by atoms with van der Waals surface area (Å²) in [6.45, 7) is 4.55. The summed E-state index contributed by atoms with van der Waals surface area (Å²) in [6, 6.07) is 5.85. The summed E-state index contributed by atoms with van der Waals surface area (Å²) in [7, 11) is 2.12. The fourth-order valence-corrected chi connectivity index (χ4v) is 3.09. The molecule has 5 heteroatoms. The Morgan fingerprint density at radius 1 is 1.35 bits per heavy atom. The lowest BCUT2D eigenvalue weighted by molar-refractivity contribution is 0.00532. The Morgan fingerprint density at radius 2 is 2.20 bits per heavy atom. The Morgan fingerprint density at radius 3 is 3.00 bits per heavy atom. The van der Waals surface area contributed by atoms with Gasteiger partial charge in [0.2, 0.25) is 0 Å². The maximum absolute atomic E-state index is 6.02. The van der Waals surface area contributed by atoms with Crippen LogP contribution >= 0.6 is 11.6 Å². The third kappa shape index (κ3) is 3.44. The molecule has 1 N–H and O–H groups in total. The van der Waals surface area contributed by atoms with Crippen LogP contribution in [0.25, 0.3) is 0 Å². The minimum Gasteiger partial charge on any atom is -0.488 e. The average Bonchev–Trinajstić information content (AvgIpc) is 2.80. The lowest BCUT2D eigenvalue weighted by Crippen LogP contribution is -2.46. The van der Waals surface area contributed by atoms with Gasteiger partial charge in [0.15, 0.2) is 0 Å². The first-order valence-corrected chi connectivity index (χ1v) is 7.54. The first kappa shape index (κ1) is 14.1. The molecule has 2 unspecified atom stereocenters. The van der Waals surface area contributed by atoms with Gasteiger partial charge in [-0.25, -0.2) is 0 Å². The molecule has 4 nitrogen and oxygen atoms in total. The number of nitrogens with zero attached hydrogens (tertiary/aromatic N) is 1. The normalized spacial score (nSPS) is 25.6. The number of morpholine rings is 1. The van der Waals surface area contributed by atoms with Crippen LogP contribution in [0.3, 0.4) is 0 Å². The van der Waals surface area contributed by atoms with Crippen LogP contribution < -0.4 is 10.1 Å². The highest BCUT2D eigenvalue weighted by Crippen LogP contribution is 2.31. The zero-order valence-corrected chi connectivity index (χ0v) is 12.5. The summed E-state index contributed by atoms with van der Waals surface area (Å²) in [5.74, 6) is 0.975. The Hall–Kier alpha value is -0.810. The van der Waals surface area contributed by atoms with Crippen molar-refractivity contribution >= 4 is 11.6 Å². The second kappa shape index (κ2) is 6.31. The minimum absolute atomic E-state index is 0.213. The van der Waals surface area contributed by atoms with Gasteiger partial charge in [-0.1, -0.05) is 11.6 Å². The third-order valence-electron chi connectivity index (χ3n) is 3.80. The molecule has 2 heterocycles. The molecule has 0 aliphatic carbocycles. The molecule has 2 aliphatic heterocycles. The first-order chi connectivity index (χ1) is 9.70. The molecule has 0 bridgehead atoms. The molecule has 2 aliphatic rings. The molecule has 1 fully saturated rings. The lowest BCUT2D eigenvalue weighted by atomic mass is 10.1. The molecule has 1 saturated heterocycles. The molecule has 0 spiro atoms. The number of hydrogen-bond acceptors (Lipinski definition) is 4. The Labute approximate surface area is 125 Å². The Bertz CT molecular complexity index is 463. The molecule has 1 aromatic carbocycles. The molecular weight excluding hydrogens is 276 g/mol. The smallest absolute Gasteiger partial charge is 0.123 e. The van der Waals surface area contributed by atoms with Crippen molar-refractivity contribution in [1.29, 1.82) is 0 Å². The predicted octanol–water partition coefficient (Wildman–Crippen LogP) is 1.56. The molecule has 20 heavy (non-hydrogen) atoms. The van der Waals surface area contributed by atoms with Crippen molar-refractivity contribution in [1.82, 2.24) is 10.2 Å². The van der Waals surface area contributed by atoms with Gasteiger partial charge in [0.25, 0.3) is 0 Å². The van der Waals surface area contributed by atoms with Gasteiger partial charge >= 0.3 is 0 Å². The summed E-state index contributed by atoms with van der Waals surface area (Å²) in [5.41, 5.74) is 1.21. The molecule has 0 amide bonds. The van der Waals surface area contributed by atoms with Gasteiger partial charge in [-0.15, -0.1) is 0 Å². The molecule has 3 rings (SSSR count). The van der Waals surface area contributed by atoms with Gasteiger partial charge < -0.3 is 19.7 Å². The summed E-state index contributed by atoms with van der Waals surface area (Å²) in [4.78, 5) is 2.29. The third-order valence-corrected chi connectivity index (χ3v) is 4.03. The molecule has 2 atom stereocenters. The van der Waals surface area contributed by atoms with E-state index in [0.29, 0.717) is 0 Å². The van der Waals surface area contributed by atoms with Crippen LogP contribution in [0.4, 0.5) is 0 Å². The van der Waals surface area contributed by atoms with Crippen LogP contribution in [0.1, 0.15) is 5.56 Å². The SMILES string of the molecule is CN(CC1CNCCO1)CC1Cc2cc(Cl)ccc2O1. The van der Waals surface area contributed by atoms with Gasteiger partial charge in [-0.05, 0) is 30.8 Å². The average molecular weight is 297 g/mol. The van der Waals surface area contributed by atoms with E-state index in [1.807, 2.05) is 18.2 Å². The zero-order chi connectivity index (χ0) is 13.9. The van der Waals surface area contributed by atoms with Crippen LogP contribution in [0, 0.1) is 0 Å². The van der Waals surface area contributed by atoms with Crippen molar-refractivity contribution in [3.8, 4) is 5.75 Å². The highest BCUT2D eigenvalue weighted by molar-refractivity contribution is 6.30. The number of hydrogen-bond donors (Lipinski definition) is 1. The van der Waals surface area contributed by atoms with Crippen molar-refractivity contribution in [2.45, 2.75) is 18.6 Å². The highest BCUT2D eigenvalue weighted by Gasteiger charge is 2.25. The molecule has 110 valence electrons. The summed E-state index contributed by atoms with van der Waals surface area (Å²) >= 11 is 6.02. The Kier molecular flexibility index (Phi) is 4.46. The summed E-state index contributed by atoms with van der Waals surface area (Å²) in [6.07, 6.45) is 1.43. The second-order valence-electron chi connectivity index (χ2n) is 5.61. The van der Waals surface area contributed by atoms with E-state index in [-0.39, 0.29) is 12.2 Å². The van der Waals surface area contributed by atoms with E-state index in [2.05, 4.69) is 17.3 Å². The highest BCUT2D eigenvalue weighted by atomic mass is 35.5. The van der Waals surface area contributed by atoms with Crippen molar-refractivity contribution in [3.63, 3.8) is 0 Å². The minimum atomic E-state index is 0.213. The molecule has 0 aromatic heterocycles. The van der Waals surface area contributed by atoms with Crippen LogP contribution in [-0.2, 0) is 11.2 Å². The number of ether oxygens (including phenoxy) is 2. The first-order valence-electron chi connectivity index (χ1n) is 7.16. The van der Waals surface area contributed by atoms with Crippen molar-refractivity contribution in [2.24, 2.45) is 0 Å². The number of benzene rings is 1. The van der Waals surface area contributed by atoms with E-state index in [1.165, 1.54) is 5.56 Å². The van der Waals surface area contributed by atoms with Gasteiger partial charge in [-0.3, -0.25) is 0 Å². The van der Waals surface area contributed by atoms with Crippen LogP contribution in [0.2, 0.25) is 5.02 Å². The van der Waals surface area contributed by atoms with Crippen molar-refractivity contribution in [2.75, 3.05) is 39.8 Å². The standard InChI is InChI=1S/C15H21ClN2O2/c1-18(10-14-8-17-4-5-19-14)9-13-7-11-6-12(16)2-3-15(11)20-13/h2-3,6,13-14,17H,4-5,7-10H2,1H3. The lowest BCUT2D eigenvalue weighted by Gasteiger charge is -2.29. The van der Waals surface area contributed by atoms with E-state index >= 15 is 0 Å². The number of halogens is 1. The molecule has 0 saturated carbocycles. The van der Waals surface area contributed by atoms with E-state index in [9.17, 15) is 0 Å². The fraction of sp³-hybridized carbons (Fsp3) is 0.600. The monoisotopic (exact) mass is 296 g/mol. The number of likely N-dealkylation sites (N-methyl/N-ethyl adjacent to an activating group) is 1. The maximum atomic E-state index is 6.02. The summed E-state index contributed by atoms with van der Waals surface area (Å²) in [5, 5.41) is 4.14. The van der Waals surface area contributed by atoms with Crippen LogP contribution in [0.15, 0.2) is 18.2 Å². The van der Waals surface area contributed by atoms with E-state index in [4.69, 9.17) is 21.1 Å². The van der Waals surface area contributed by atoms with Crippen LogP contribution in [-0.4, -0.2) is 56.9 Å². The number of rotatable bonds is 4.